The van der Waals surface area contributed by atoms with Gasteiger partial charge in [-0.1, -0.05) is 22.0 Å². The van der Waals surface area contributed by atoms with Crippen LogP contribution in [0.15, 0.2) is 18.2 Å². The third-order valence-corrected chi connectivity index (χ3v) is 2.76. The SMILES string of the molecule is CC(Br)C(=O)c1cc(C(O)C(=O)O)ccc1C#N. The molecule has 2 atom stereocenters. The zero-order valence-electron chi connectivity index (χ0n) is 9.42. The molecule has 0 heterocycles. The maximum absolute atomic E-state index is 11.8. The lowest BCUT2D eigenvalue weighted by Gasteiger charge is -2.10. The highest BCUT2D eigenvalue weighted by Crippen LogP contribution is 2.20. The van der Waals surface area contributed by atoms with E-state index in [1.165, 1.54) is 18.2 Å². The Balaban J connectivity index is 3.31. The molecule has 5 nitrogen and oxygen atoms in total. The van der Waals surface area contributed by atoms with Gasteiger partial charge >= 0.3 is 5.97 Å². The summed E-state index contributed by atoms with van der Waals surface area (Å²) >= 11 is 3.09. The Morgan fingerprint density at radius 1 is 1.44 bits per heavy atom. The summed E-state index contributed by atoms with van der Waals surface area (Å²) in [5.74, 6) is -1.75. The molecule has 0 amide bonds. The number of Topliss-reactive ketones (excluding diaryl/α,β-unsaturated/α-hetero) is 1. The lowest BCUT2D eigenvalue weighted by molar-refractivity contribution is -0.146. The number of alkyl halides is 1. The Morgan fingerprint density at radius 2 is 2.06 bits per heavy atom. The molecule has 0 aromatic heterocycles. The monoisotopic (exact) mass is 311 g/mol. The van der Waals surface area contributed by atoms with Gasteiger partial charge in [0.15, 0.2) is 11.9 Å². The van der Waals surface area contributed by atoms with E-state index in [1.54, 1.807) is 6.92 Å². The predicted octanol–water partition coefficient (Wildman–Crippen LogP) is 1.64. The highest BCUT2D eigenvalue weighted by molar-refractivity contribution is 9.10. The van der Waals surface area contributed by atoms with Crippen molar-refractivity contribution in [1.29, 1.82) is 5.26 Å². The molecule has 94 valence electrons. The number of benzene rings is 1. The van der Waals surface area contributed by atoms with Crippen molar-refractivity contribution in [2.24, 2.45) is 0 Å². The number of halogens is 1. The molecule has 0 radical (unpaired) electrons. The minimum absolute atomic E-state index is 0.0676. The van der Waals surface area contributed by atoms with Crippen molar-refractivity contribution in [1.82, 2.24) is 0 Å². The zero-order valence-corrected chi connectivity index (χ0v) is 11.0. The first kappa shape index (κ1) is 14.4. The van der Waals surface area contributed by atoms with E-state index in [1.807, 2.05) is 6.07 Å². The van der Waals surface area contributed by atoms with Crippen LogP contribution >= 0.6 is 15.9 Å². The number of rotatable bonds is 4. The van der Waals surface area contributed by atoms with Crippen molar-refractivity contribution >= 4 is 27.7 Å². The number of aliphatic hydroxyl groups excluding tert-OH is 1. The first-order chi connectivity index (χ1) is 8.38. The average Bonchev–Trinajstić information content (AvgIpc) is 2.35. The van der Waals surface area contributed by atoms with Crippen molar-refractivity contribution in [3.8, 4) is 6.07 Å². The number of aliphatic carboxylic acids is 1. The van der Waals surface area contributed by atoms with Crippen molar-refractivity contribution < 1.29 is 19.8 Å². The van der Waals surface area contributed by atoms with Crippen LogP contribution in [0.5, 0.6) is 0 Å². The normalized spacial score (nSPS) is 13.4. The molecule has 0 spiro atoms. The van der Waals surface area contributed by atoms with Gasteiger partial charge in [-0.3, -0.25) is 4.79 Å². The van der Waals surface area contributed by atoms with E-state index in [0.29, 0.717) is 0 Å². The number of hydrogen-bond donors (Lipinski definition) is 2. The minimum atomic E-state index is -1.71. The molecule has 0 aliphatic rings. The molecule has 0 saturated heterocycles. The van der Waals surface area contributed by atoms with E-state index in [9.17, 15) is 14.7 Å². The zero-order chi connectivity index (χ0) is 13.9. The van der Waals surface area contributed by atoms with E-state index in [2.05, 4.69) is 15.9 Å². The molecule has 6 heteroatoms. The molecule has 1 rings (SSSR count). The number of nitriles is 1. The summed E-state index contributed by atoms with van der Waals surface area (Å²) in [6.07, 6.45) is -1.71. The molecule has 1 aromatic carbocycles. The van der Waals surface area contributed by atoms with Crippen LogP contribution in [0.1, 0.15) is 34.5 Å². The number of aliphatic hydroxyl groups is 1. The summed E-state index contributed by atoms with van der Waals surface area (Å²) in [6.45, 7) is 1.60. The second-order valence-electron chi connectivity index (χ2n) is 3.64. The summed E-state index contributed by atoms with van der Waals surface area (Å²) in [5, 5.41) is 27.0. The van der Waals surface area contributed by atoms with Crippen LogP contribution in [-0.2, 0) is 4.79 Å². The van der Waals surface area contributed by atoms with Crippen LogP contribution in [0.3, 0.4) is 0 Å². The van der Waals surface area contributed by atoms with Crippen molar-refractivity contribution in [3.05, 3.63) is 34.9 Å². The number of carbonyl (C=O) groups is 2. The van der Waals surface area contributed by atoms with Crippen LogP contribution in [0.2, 0.25) is 0 Å². The van der Waals surface area contributed by atoms with Gasteiger partial charge in [-0.2, -0.15) is 5.26 Å². The smallest absolute Gasteiger partial charge is 0.337 e. The summed E-state index contributed by atoms with van der Waals surface area (Å²) < 4.78 is 0. The second kappa shape index (κ2) is 5.76. The van der Waals surface area contributed by atoms with E-state index in [4.69, 9.17) is 10.4 Å². The van der Waals surface area contributed by atoms with Crippen LogP contribution in [0, 0.1) is 11.3 Å². The average molecular weight is 312 g/mol. The third kappa shape index (κ3) is 2.94. The van der Waals surface area contributed by atoms with Gasteiger partial charge in [-0.05, 0) is 24.6 Å². The van der Waals surface area contributed by atoms with E-state index in [0.717, 1.165) is 0 Å². The molecule has 0 saturated carbocycles. The third-order valence-electron chi connectivity index (χ3n) is 2.34. The Labute approximate surface area is 112 Å². The number of nitrogens with zero attached hydrogens (tertiary/aromatic N) is 1. The molecule has 0 aliphatic carbocycles. The molecule has 0 fully saturated rings. The molecule has 2 N–H and O–H groups in total. The first-order valence-corrected chi connectivity index (χ1v) is 5.93. The number of carboxylic acid groups (broad SMARTS) is 1. The van der Waals surface area contributed by atoms with Crippen molar-refractivity contribution in [2.75, 3.05) is 0 Å². The highest BCUT2D eigenvalue weighted by Gasteiger charge is 2.21. The summed E-state index contributed by atoms with van der Waals surface area (Å²) in [7, 11) is 0. The second-order valence-corrected chi connectivity index (χ2v) is 5.01. The van der Waals surface area contributed by atoms with Gasteiger partial charge in [0.1, 0.15) is 0 Å². The first-order valence-electron chi connectivity index (χ1n) is 5.01. The standard InChI is InChI=1S/C12H10BrNO4/c1-6(13)10(15)9-4-7(11(16)12(17)18)2-3-8(9)5-14/h2-4,6,11,16H,1H3,(H,17,18). The van der Waals surface area contributed by atoms with Crippen molar-refractivity contribution in [2.45, 2.75) is 17.9 Å². The topological polar surface area (TPSA) is 98.4 Å². The van der Waals surface area contributed by atoms with Gasteiger partial charge in [-0.25, -0.2) is 4.79 Å². The Bertz CT molecular complexity index is 533. The summed E-state index contributed by atoms with van der Waals surface area (Å²) in [6, 6.07) is 5.73. The fraction of sp³-hybridized carbons (Fsp3) is 0.250. The molecular formula is C12H10BrNO4. The fourth-order valence-corrected chi connectivity index (χ4v) is 1.64. The quantitative estimate of drug-likeness (QED) is 0.650. The Hall–Kier alpha value is -1.71. The van der Waals surface area contributed by atoms with Crippen molar-refractivity contribution in [3.63, 3.8) is 0 Å². The molecular weight excluding hydrogens is 302 g/mol. The summed E-state index contributed by atoms with van der Waals surface area (Å²) in [4.78, 5) is 22.0. The van der Waals surface area contributed by atoms with E-state index in [-0.39, 0.29) is 22.5 Å². The van der Waals surface area contributed by atoms with Crippen LogP contribution in [-0.4, -0.2) is 26.8 Å². The number of carbonyl (C=O) groups excluding carboxylic acids is 1. The fourth-order valence-electron chi connectivity index (χ4n) is 1.39. The highest BCUT2D eigenvalue weighted by atomic mass is 79.9. The van der Waals surface area contributed by atoms with Gasteiger partial charge in [0, 0.05) is 5.56 Å². The van der Waals surface area contributed by atoms with Crippen LogP contribution < -0.4 is 0 Å². The summed E-state index contributed by atoms with van der Waals surface area (Å²) in [5.41, 5.74) is 0.310. The van der Waals surface area contributed by atoms with Gasteiger partial charge in [0.2, 0.25) is 0 Å². The molecule has 18 heavy (non-hydrogen) atoms. The number of hydrogen-bond acceptors (Lipinski definition) is 4. The molecule has 0 aliphatic heterocycles. The molecule has 1 aromatic rings. The van der Waals surface area contributed by atoms with Gasteiger partial charge in [-0.15, -0.1) is 0 Å². The van der Waals surface area contributed by atoms with Crippen LogP contribution in [0.25, 0.3) is 0 Å². The number of carboxylic acids is 1. The minimum Gasteiger partial charge on any atom is -0.479 e. The van der Waals surface area contributed by atoms with E-state index >= 15 is 0 Å². The predicted molar refractivity (Wildman–Crippen MR) is 66.5 cm³/mol. The maximum atomic E-state index is 11.8. The number of ketones is 1. The molecule has 0 bridgehead atoms. The van der Waals surface area contributed by atoms with Crippen LogP contribution in [0.4, 0.5) is 0 Å². The maximum Gasteiger partial charge on any atom is 0.337 e. The largest absolute Gasteiger partial charge is 0.479 e. The van der Waals surface area contributed by atoms with Gasteiger partial charge < -0.3 is 10.2 Å². The lowest BCUT2D eigenvalue weighted by Crippen LogP contribution is -2.15. The van der Waals surface area contributed by atoms with Gasteiger partial charge in [0.05, 0.1) is 16.5 Å². The van der Waals surface area contributed by atoms with Gasteiger partial charge in [0.25, 0.3) is 0 Å². The lowest BCUT2D eigenvalue weighted by atomic mass is 9.97. The molecule has 2 unspecified atom stereocenters. The Kier molecular flexibility index (Phi) is 4.59. The Morgan fingerprint density at radius 3 is 2.50 bits per heavy atom. The van der Waals surface area contributed by atoms with E-state index < -0.39 is 16.9 Å².